The van der Waals surface area contributed by atoms with Crippen LogP contribution < -0.4 is 5.73 Å². The van der Waals surface area contributed by atoms with Gasteiger partial charge >= 0.3 is 0 Å². The Balaban J connectivity index is 2.38. The van der Waals surface area contributed by atoms with Gasteiger partial charge in [-0.15, -0.1) is 0 Å². The summed E-state index contributed by atoms with van der Waals surface area (Å²) in [6, 6.07) is 5.14. The first kappa shape index (κ1) is 14.0. The maximum Gasteiger partial charge on any atom is 0.180 e. The average molecular weight is 322 g/mol. The third-order valence-corrected chi connectivity index (χ3v) is 5.40. The van der Waals surface area contributed by atoms with Crippen molar-refractivity contribution in [2.75, 3.05) is 12.0 Å². The molecule has 2 aromatic heterocycles. The smallest absolute Gasteiger partial charge is 0.180 e. The number of sulfone groups is 1. The number of thiazole rings is 1. The largest absolute Gasteiger partial charge is 0.375 e. The second kappa shape index (κ2) is 4.54. The summed E-state index contributed by atoms with van der Waals surface area (Å²) >= 11 is 1.34. The van der Waals surface area contributed by atoms with Crippen molar-refractivity contribution in [2.45, 2.75) is 11.8 Å². The van der Waals surface area contributed by atoms with Gasteiger partial charge in [0.25, 0.3) is 0 Å². The van der Waals surface area contributed by atoms with Crippen LogP contribution in [0, 0.1) is 6.92 Å². The minimum Gasteiger partial charge on any atom is -0.375 e. The Morgan fingerprint density at radius 2 is 2.00 bits per heavy atom. The number of nitrogen functional groups attached to an aromatic ring is 1. The SMILES string of the molecule is Cc1nc(N)sc1-c1nc2c(S(C)(=O)=O)cccc2n1C. The molecule has 3 aromatic rings. The van der Waals surface area contributed by atoms with Gasteiger partial charge in [-0.3, -0.25) is 0 Å². The second-order valence-electron chi connectivity index (χ2n) is 4.86. The van der Waals surface area contributed by atoms with Gasteiger partial charge in [0.2, 0.25) is 0 Å². The van der Waals surface area contributed by atoms with Crippen LogP contribution in [0.3, 0.4) is 0 Å². The molecule has 110 valence electrons. The lowest BCUT2D eigenvalue weighted by molar-refractivity contribution is 0.602. The zero-order chi connectivity index (χ0) is 15.4. The number of aromatic nitrogens is 3. The van der Waals surface area contributed by atoms with E-state index in [2.05, 4.69) is 9.97 Å². The van der Waals surface area contributed by atoms with E-state index in [-0.39, 0.29) is 4.90 Å². The van der Waals surface area contributed by atoms with E-state index in [1.54, 1.807) is 12.1 Å². The van der Waals surface area contributed by atoms with Crippen LogP contribution in [0.5, 0.6) is 0 Å². The van der Waals surface area contributed by atoms with Gasteiger partial charge in [-0.05, 0) is 19.1 Å². The fourth-order valence-electron chi connectivity index (χ4n) is 2.32. The monoisotopic (exact) mass is 322 g/mol. The van der Waals surface area contributed by atoms with Crippen LogP contribution in [0.4, 0.5) is 5.13 Å². The number of nitrogens with two attached hydrogens (primary N) is 1. The molecule has 3 rings (SSSR count). The van der Waals surface area contributed by atoms with Gasteiger partial charge in [-0.2, -0.15) is 0 Å². The minimum atomic E-state index is -3.33. The normalized spacial score (nSPS) is 12.1. The third-order valence-electron chi connectivity index (χ3n) is 3.29. The first-order chi connectivity index (χ1) is 9.79. The Labute approximate surface area is 126 Å². The lowest BCUT2D eigenvalue weighted by atomic mass is 10.3. The molecule has 0 saturated carbocycles. The Morgan fingerprint density at radius 3 is 2.57 bits per heavy atom. The summed E-state index contributed by atoms with van der Waals surface area (Å²) in [5.74, 6) is 0.674. The van der Waals surface area contributed by atoms with Gasteiger partial charge in [0.1, 0.15) is 5.52 Å². The van der Waals surface area contributed by atoms with Crippen LogP contribution in [-0.4, -0.2) is 29.2 Å². The standard InChI is InChI=1S/C13H14N4O2S2/c1-7-11(20-13(14)15-7)12-16-10-8(17(12)2)5-4-6-9(10)21(3,18)19/h4-6H,1-3H3,(H2,14,15). The summed E-state index contributed by atoms with van der Waals surface area (Å²) < 4.78 is 25.7. The van der Waals surface area contributed by atoms with E-state index < -0.39 is 9.84 Å². The number of hydrogen-bond acceptors (Lipinski definition) is 6. The minimum absolute atomic E-state index is 0.233. The average Bonchev–Trinajstić information content (AvgIpc) is 2.88. The van der Waals surface area contributed by atoms with Gasteiger partial charge in [-0.25, -0.2) is 18.4 Å². The quantitative estimate of drug-likeness (QED) is 0.779. The molecule has 2 heterocycles. The van der Waals surface area contributed by atoms with Gasteiger partial charge in [-0.1, -0.05) is 17.4 Å². The predicted octanol–water partition coefficient (Wildman–Crippen LogP) is 1.99. The summed E-state index contributed by atoms with van der Waals surface area (Å²) in [6.45, 7) is 1.86. The van der Waals surface area contributed by atoms with Crippen molar-refractivity contribution in [3.8, 4) is 10.7 Å². The number of nitrogens with zero attached hydrogens (tertiary/aromatic N) is 3. The molecule has 0 saturated heterocycles. The second-order valence-corrected chi connectivity index (χ2v) is 7.87. The molecular weight excluding hydrogens is 308 g/mol. The van der Waals surface area contributed by atoms with E-state index in [1.807, 2.05) is 24.6 Å². The zero-order valence-corrected chi connectivity index (χ0v) is 13.4. The molecular formula is C13H14N4O2S2. The molecule has 0 bridgehead atoms. The van der Waals surface area contributed by atoms with Crippen LogP contribution in [0.2, 0.25) is 0 Å². The Hall–Kier alpha value is -1.93. The maximum absolute atomic E-state index is 11.9. The van der Waals surface area contributed by atoms with Crippen LogP contribution in [0.25, 0.3) is 21.7 Å². The Morgan fingerprint density at radius 1 is 1.29 bits per heavy atom. The highest BCUT2D eigenvalue weighted by Crippen LogP contribution is 2.33. The molecule has 8 heteroatoms. The Kier molecular flexibility index (Phi) is 3.03. The number of anilines is 1. The fourth-order valence-corrected chi connectivity index (χ4v) is 4.00. The van der Waals surface area contributed by atoms with Gasteiger partial charge in [0.05, 0.1) is 21.0 Å². The topological polar surface area (TPSA) is 90.9 Å². The number of fused-ring (bicyclic) bond motifs is 1. The number of aryl methyl sites for hydroxylation is 2. The van der Waals surface area contributed by atoms with Crippen LogP contribution in [-0.2, 0) is 16.9 Å². The van der Waals surface area contributed by atoms with Crippen molar-refractivity contribution in [1.29, 1.82) is 0 Å². The molecule has 0 amide bonds. The first-order valence-electron chi connectivity index (χ1n) is 6.18. The van der Waals surface area contributed by atoms with Crippen LogP contribution >= 0.6 is 11.3 Å². The van der Waals surface area contributed by atoms with Gasteiger partial charge in [0, 0.05) is 13.3 Å². The van der Waals surface area contributed by atoms with Crippen molar-refractivity contribution in [1.82, 2.24) is 14.5 Å². The molecule has 6 nitrogen and oxygen atoms in total. The Bertz CT molecular complexity index is 954. The van der Waals surface area contributed by atoms with Gasteiger partial charge in [0.15, 0.2) is 20.8 Å². The molecule has 0 aliphatic heterocycles. The fraction of sp³-hybridized carbons (Fsp3) is 0.231. The van der Waals surface area contributed by atoms with Crippen LogP contribution in [0.1, 0.15) is 5.69 Å². The summed E-state index contributed by atoms with van der Waals surface area (Å²) in [4.78, 5) is 9.80. The van der Waals surface area contributed by atoms with E-state index in [0.717, 1.165) is 16.1 Å². The molecule has 2 N–H and O–H groups in total. The van der Waals surface area contributed by atoms with E-state index in [0.29, 0.717) is 16.5 Å². The van der Waals surface area contributed by atoms with E-state index in [9.17, 15) is 8.42 Å². The van der Waals surface area contributed by atoms with E-state index in [1.165, 1.54) is 17.6 Å². The summed E-state index contributed by atoms with van der Waals surface area (Å²) in [5, 5.41) is 0.470. The molecule has 0 atom stereocenters. The zero-order valence-electron chi connectivity index (χ0n) is 11.8. The molecule has 1 aromatic carbocycles. The number of rotatable bonds is 2. The van der Waals surface area contributed by atoms with Gasteiger partial charge < -0.3 is 10.3 Å². The molecule has 0 aliphatic rings. The molecule has 21 heavy (non-hydrogen) atoms. The lowest BCUT2D eigenvalue weighted by Gasteiger charge is -2.01. The third kappa shape index (κ3) is 2.20. The highest BCUT2D eigenvalue weighted by atomic mass is 32.2. The number of imidazole rings is 1. The van der Waals surface area contributed by atoms with E-state index >= 15 is 0 Å². The summed E-state index contributed by atoms with van der Waals surface area (Å²) in [7, 11) is -1.48. The predicted molar refractivity (Wildman–Crippen MR) is 84.1 cm³/mol. The molecule has 0 fully saturated rings. The number of hydrogen-bond donors (Lipinski definition) is 1. The number of benzene rings is 1. The van der Waals surface area contributed by atoms with Crippen molar-refractivity contribution in [2.24, 2.45) is 7.05 Å². The molecule has 0 radical (unpaired) electrons. The summed E-state index contributed by atoms with van der Waals surface area (Å²) in [6.07, 6.45) is 1.19. The van der Waals surface area contributed by atoms with Crippen molar-refractivity contribution in [3.05, 3.63) is 23.9 Å². The van der Waals surface area contributed by atoms with Crippen LogP contribution in [0.15, 0.2) is 23.1 Å². The highest BCUT2D eigenvalue weighted by molar-refractivity contribution is 7.91. The van der Waals surface area contributed by atoms with Crippen molar-refractivity contribution in [3.63, 3.8) is 0 Å². The molecule has 0 unspecified atom stereocenters. The van der Waals surface area contributed by atoms with E-state index in [4.69, 9.17) is 5.73 Å². The van der Waals surface area contributed by atoms with Crippen molar-refractivity contribution >= 4 is 37.3 Å². The number of para-hydroxylation sites is 1. The maximum atomic E-state index is 11.9. The molecule has 0 spiro atoms. The van der Waals surface area contributed by atoms with Crippen molar-refractivity contribution < 1.29 is 8.42 Å². The summed E-state index contributed by atoms with van der Waals surface area (Å²) in [5.41, 5.74) is 7.76. The first-order valence-corrected chi connectivity index (χ1v) is 8.88. The highest BCUT2D eigenvalue weighted by Gasteiger charge is 2.20. The lowest BCUT2D eigenvalue weighted by Crippen LogP contribution is -1.98. The molecule has 0 aliphatic carbocycles.